The van der Waals surface area contributed by atoms with Gasteiger partial charge in [-0.2, -0.15) is 4.31 Å². The zero-order valence-corrected chi connectivity index (χ0v) is 16.8. The first-order valence-electron chi connectivity index (χ1n) is 8.34. The first kappa shape index (κ1) is 21.9. The van der Waals surface area contributed by atoms with E-state index in [9.17, 15) is 13.2 Å². The second-order valence-electron chi connectivity index (χ2n) is 6.69. The van der Waals surface area contributed by atoms with Crippen molar-refractivity contribution in [3.63, 3.8) is 0 Å². The molecule has 0 saturated carbocycles. The van der Waals surface area contributed by atoms with Crippen molar-refractivity contribution in [3.8, 4) is 0 Å². The number of piperidine rings is 1. The Labute approximate surface area is 156 Å². The normalized spacial score (nSPS) is 21.0. The van der Waals surface area contributed by atoms with Crippen LogP contribution in [-0.2, 0) is 10.0 Å². The summed E-state index contributed by atoms with van der Waals surface area (Å²) in [6, 6.07) is 6.58. The van der Waals surface area contributed by atoms with E-state index in [0.29, 0.717) is 11.6 Å². The van der Waals surface area contributed by atoms with Gasteiger partial charge in [0, 0.05) is 30.7 Å². The van der Waals surface area contributed by atoms with Gasteiger partial charge in [-0.25, -0.2) is 8.42 Å². The van der Waals surface area contributed by atoms with Gasteiger partial charge < -0.3 is 10.6 Å². The molecule has 142 valence electrons. The number of hydrogen-bond donors (Lipinski definition) is 2. The fourth-order valence-corrected chi connectivity index (χ4v) is 4.19. The summed E-state index contributed by atoms with van der Waals surface area (Å²) < 4.78 is 26.4. The molecule has 0 aliphatic carbocycles. The summed E-state index contributed by atoms with van der Waals surface area (Å²) in [6.07, 6.45) is 1.75. The minimum Gasteiger partial charge on any atom is -0.349 e. The smallest absolute Gasteiger partial charge is 0.251 e. The molecule has 0 spiro atoms. The van der Waals surface area contributed by atoms with Crippen LogP contribution in [0, 0.1) is 0 Å². The minimum absolute atomic E-state index is 0. The Morgan fingerprint density at radius 2 is 2.04 bits per heavy atom. The molecule has 1 amide bonds. The molecule has 2 unspecified atom stereocenters. The van der Waals surface area contributed by atoms with Crippen molar-refractivity contribution in [2.24, 2.45) is 0 Å². The summed E-state index contributed by atoms with van der Waals surface area (Å²) in [4.78, 5) is 12.6. The van der Waals surface area contributed by atoms with E-state index < -0.39 is 10.0 Å². The Hall–Kier alpha value is -1.15. The largest absolute Gasteiger partial charge is 0.349 e. The number of carbonyl (C=O) groups excluding carboxylic acids is 1. The van der Waals surface area contributed by atoms with Crippen LogP contribution in [0.1, 0.15) is 44.0 Å². The van der Waals surface area contributed by atoms with Crippen LogP contribution in [0.4, 0.5) is 0 Å². The van der Waals surface area contributed by atoms with E-state index in [1.54, 1.807) is 19.2 Å². The molecule has 0 aromatic heterocycles. The van der Waals surface area contributed by atoms with Gasteiger partial charge in [-0.1, -0.05) is 6.07 Å². The lowest BCUT2D eigenvalue weighted by atomic mass is 10.0. The molecule has 2 rings (SSSR count). The average molecular weight is 390 g/mol. The van der Waals surface area contributed by atoms with Crippen molar-refractivity contribution in [2.45, 2.75) is 56.6 Å². The molecule has 8 heteroatoms. The van der Waals surface area contributed by atoms with E-state index in [4.69, 9.17) is 0 Å². The number of halogens is 1. The molecule has 6 nitrogen and oxygen atoms in total. The molecule has 0 bridgehead atoms. The molecule has 25 heavy (non-hydrogen) atoms. The number of sulfonamides is 1. The highest BCUT2D eigenvalue weighted by molar-refractivity contribution is 7.89. The first-order valence-corrected chi connectivity index (χ1v) is 9.78. The maximum Gasteiger partial charge on any atom is 0.251 e. The lowest BCUT2D eigenvalue weighted by Gasteiger charge is -2.28. The minimum atomic E-state index is -3.59. The number of amides is 1. The van der Waals surface area contributed by atoms with Gasteiger partial charge in [0.25, 0.3) is 5.91 Å². The molecule has 1 aliphatic heterocycles. The summed E-state index contributed by atoms with van der Waals surface area (Å²) in [6.45, 7) is 6.59. The number of benzene rings is 1. The monoisotopic (exact) mass is 389 g/mol. The molecule has 2 atom stereocenters. The van der Waals surface area contributed by atoms with Crippen LogP contribution in [0.15, 0.2) is 29.2 Å². The van der Waals surface area contributed by atoms with Crippen LogP contribution in [0.3, 0.4) is 0 Å². The molecule has 0 radical (unpaired) electrons. The van der Waals surface area contributed by atoms with E-state index in [-0.39, 0.29) is 35.3 Å². The predicted octanol–water partition coefficient (Wildman–Crippen LogP) is 2.01. The van der Waals surface area contributed by atoms with Crippen molar-refractivity contribution in [1.82, 2.24) is 14.9 Å². The van der Waals surface area contributed by atoms with E-state index in [0.717, 1.165) is 19.4 Å². The standard InChI is InChI=1S/C17H27N3O3S.ClH/c1-12(2)20(4)24(22,23)16-7-5-6-14(11-16)17(21)19-15-8-9-18-13(3)10-15;/h5-7,11-13,15,18H,8-10H2,1-4H3,(H,19,21);1H. The summed E-state index contributed by atoms with van der Waals surface area (Å²) in [5.74, 6) is -0.224. The van der Waals surface area contributed by atoms with Crippen molar-refractivity contribution in [1.29, 1.82) is 0 Å². The number of carbonyl (C=O) groups is 1. The fourth-order valence-electron chi connectivity index (χ4n) is 2.77. The lowest BCUT2D eigenvalue weighted by Crippen LogP contribution is -2.46. The lowest BCUT2D eigenvalue weighted by molar-refractivity contribution is 0.0925. The van der Waals surface area contributed by atoms with Gasteiger partial charge in [0.2, 0.25) is 10.0 Å². The maximum atomic E-state index is 12.6. The van der Waals surface area contributed by atoms with E-state index in [2.05, 4.69) is 17.6 Å². The zero-order chi connectivity index (χ0) is 17.9. The molecule has 1 fully saturated rings. The van der Waals surface area contributed by atoms with Crippen LogP contribution in [0.2, 0.25) is 0 Å². The Morgan fingerprint density at radius 3 is 2.64 bits per heavy atom. The van der Waals surface area contributed by atoms with Crippen molar-refractivity contribution in [3.05, 3.63) is 29.8 Å². The number of nitrogens with one attached hydrogen (secondary N) is 2. The van der Waals surface area contributed by atoms with Gasteiger partial charge in [0.05, 0.1) is 4.90 Å². The summed E-state index contributed by atoms with van der Waals surface area (Å²) in [5.41, 5.74) is 0.374. The second kappa shape index (κ2) is 8.98. The highest BCUT2D eigenvalue weighted by Gasteiger charge is 2.25. The Morgan fingerprint density at radius 1 is 1.36 bits per heavy atom. The summed E-state index contributed by atoms with van der Waals surface area (Å²) in [5, 5.41) is 6.35. The molecule has 1 aromatic rings. The van der Waals surface area contributed by atoms with Gasteiger partial charge in [-0.3, -0.25) is 4.79 Å². The van der Waals surface area contributed by atoms with E-state index >= 15 is 0 Å². The maximum absolute atomic E-state index is 12.6. The Bertz CT molecular complexity index is 694. The number of nitrogens with zero attached hydrogens (tertiary/aromatic N) is 1. The average Bonchev–Trinajstić information content (AvgIpc) is 2.54. The topological polar surface area (TPSA) is 78.5 Å². The van der Waals surface area contributed by atoms with E-state index in [1.165, 1.54) is 16.4 Å². The second-order valence-corrected chi connectivity index (χ2v) is 8.69. The van der Waals surface area contributed by atoms with Gasteiger partial charge in [0.15, 0.2) is 0 Å². The van der Waals surface area contributed by atoms with Gasteiger partial charge >= 0.3 is 0 Å². The molecule has 2 N–H and O–H groups in total. The molecule has 1 aliphatic rings. The molecule has 1 heterocycles. The van der Waals surface area contributed by atoms with Crippen molar-refractivity contribution >= 4 is 28.3 Å². The molecular weight excluding hydrogens is 362 g/mol. The van der Waals surface area contributed by atoms with Crippen LogP contribution >= 0.6 is 12.4 Å². The third kappa shape index (κ3) is 5.41. The Balaban J connectivity index is 0.00000312. The zero-order valence-electron chi connectivity index (χ0n) is 15.2. The highest BCUT2D eigenvalue weighted by Crippen LogP contribution is 2.18. The van der Waals surface area contributed by atoms with Gasteiger partial charge in [0.1, 0.15) is 0 Å². The van der Waals surface area contributed by atoms with Crippen LogP contribution < -0.4 is 10.6 Å². The number of rotatable bonds is 5. The number of hydrogen-bond acceptors (Lipinski definition) is 4. The fraction of sp³-hybridized carbons (Fsp3) is 0.588. The summed E-state index contributed by atoms with van der Waals surface area (Å²) in [7, 11) is -2.05. The van der Waals surface area contributed by atoms with Gasteiger partial charge in [-0.15, -0.1) is 12.4 Å². The molecule has 1 aromatic carbocycles. The van der Waals surface area contributed by atoms with E-state index in [1.807, 2.05) is 13.8 Å². The Kier molecular flexibility index (Phi) is 7.87. The van der Waals surface area contributed by atoms with Crippen LogP contribution in [-0.4, -0.2) is 50.3 Å². The molecular formula is C17H28ClN3O3S. The third-order valence-corrected chi connectivity index (χ3v) is 6.49. The quantitative estimate of drug-likeness (QED) is 0.807. The van der Waals surface area contributed by atoms with Gasteiger partial charge in [-0.05, 0) is 58.4 Å². The van der Waals surface area contributed by atoms with Crippen LogP contribution in [0.25, 0.3) is 0 Å². The van der Waals surface area contributed by atoms with Crippen molar-refractivity contribution in [2.75, 3.05) is 13.6 Å². The summed E-state index contributed by atoms with van der Waals surface area (Å²) >= 11 is 0. The first-order chi connectivity index (χ1) is 11.2. The third-order valence-electron chi connectivity index (χ3n) is 4.46. The highest BCUT2D eigenvalue weighted by atomic mass is 35.5. The van der Waals surface area contributed by atoms with Crippen molar-refractivity contribution < 1.29 is 13.2 Å². The SMILES string of the molecule is CC1CC(NC(=O)c2cccc(S(=O)(=O)N(C)C(C)C)c2)CCN1.Cl. The molecule has 1 saturated heterocycles. The van der Waals surface area contributed by atoms with Crippen LogP contribution in [0.5, 0.6) is 0 Å². The predicted molar refractivity (Wildman–Crippen MR) is 102 cm³/mol.